The number of rotatable bonds is 9. The van der Waals surface area contributed by atoms with Crippen LogP contribution < -0.4 is 0 Å². The summed E-state index contributed by atoms with van der Waals surface area (Å²) in [4.78, 5) is 0. The fourth-order valence-electron chi connectivity index (χ4n) is 3.23. The highest BCUT2D eigenvalue weighted by molar-refractivity contribution is 6.14. The predicted molar refractivity (Wildman–Crippen MR) is 133 cm³/mol. The van der Waals surface area contributed by atoms with Gasteiger partial charge in [-0.3, -0.25) is 0 Å². The van der Waals surface area contributed by atoms with Gasteiger partial charge in [0.2, 0.25) is 0 Å². The van der Waals surface area contributed by atoms with Crippen molar-refractivity contribution in [1.29, 1.82) is 0 Å². The normalized spacial score (nSPS) is 13.7. The van der Waals surface area contributed by atoms with E-state index >= 15 is 0 Å². The zero-order valence-electron chi connectivity index (χ0n) is 19.8. The van der Waals surface area contributed by atoms with Crippen LogP contribution in [0.3, 0.4) is 0 Å². The number of phenols is 3. The quantitative estimate of drug-likeness (QED) is 0.261. The number of benzene rings is 3. The number of hydrogen-bond acceptors (Lipinski definition) is 9. The third-order valence-corrected chi connectivity index (χ3v) is 5.62. The second-order valence-electron chi connectivity index (χ2n) is 8.08. The van der Waals surface area contributed by atoms with Crippen molar-refractivity contribution in [3.05, 3.63) is 88.0 Å². The van der Waals surface area contributed by atoms with E-state index in [0.29, 0.717) is 16.7 Å². The Morgan fingerprint density at radius 3 is 1.14 bits per heavy atom. The molecule has 3 N–H and O–H groups in total. The van der Waals surface area contributed by atoms with E-state index in [1.54, 1.807) is 57.2 Å². The van der Waals surface area contributed by atoms with E-state index in [2.05, 4.69) is 40.9 Å². The van der Waals surface area contributed by atoms with E-state index in [1.807, 2.05) is 18.2 Å². The van der Waals surface area contributed by atoms with Gasteiger partial charge in [0.1, 0.15) is 27.5 Å². The smallest absolute Gasteiger partial charge is 0.270 e. The molecule has 0 aliphatic carbocycles. The summed E-state index contributed by atoms with van der Waals surface area (Å²) in [6.07, 6.45) is 0. The largest absolute Gasteiger partial charge is 0.507 e. The molecule has 0 unspecified atom stereocenters. The number of nitrogens with zero attached hydrogens (tertiary/aromatic N) is 6. The summed E-state index contributed by atoms with van der Waals surface area (Å²) in [5.74, 6) is 0.456. The molecule has 0 amide bonds. The fourth-order valence-corrected chi connectivity index (χ4v) is 3.44. The van der Waals surface area contributed by atoms with Gasteiger partial charge >= 0.3 is 0 Å². The fraction of sp³-hybridized carbons (Fsp3) is 0.280. The maximum atomic E-state index is 10.2. The SMILES string of the molecule is Cc1cccc(CN=NC([Si])(N=NCc2cccc(C)c2O)N=NCc2cccc(C)c2O)c1O. The molecule has 35 heavy (non-hydrogen) atoms. The van der Waals surface area contributed by atoms with Crippen LogP contribution in [-0.4, -0.2) is 31.0 Å². The number of phenolic OH excluding ortho intramolecular Hbond substituents is 3. The molecule has 0 saturated heterocycles. The van der Waals surface area contributed by atoms with E-state index in [4.69, 9.17) is 0 Å². The summed E-state index contributed by atoms with van der Waals surface area (Å²) in [5.41, 5.74) is 2.36. The minimum Gasteiger partial charge on any atom is -0.507 e. The van der Waals surface area contributed by atoms with Crippen molar-refractivity contribution in [1.82, 2.24) is 0 Å². The van der Waals surface area contributed by atoms with Crippen molar-refractivity contribution in [2.24, 2.45) is 30.7 Å². The summed E-state index contributed by atoms with van der Waals surface area (Å²) in [6, 6.07) is 16.1. The molecule has 0 fully saturated rings. The Labute approximate surface area is 207 Å². The van der Waals surface area contributed by atoms with Crippen molar-refractivity contribution < 1.29 is 15.3 Å². The molecular formula is C25H27N6O3Si. The van der Waals surface area contributed by atoms with Crippen LogP contribution in [0.25, 0.3) is 0 Å². The van der Waals surface area contributed by atoms with Gasteiger partial charge in [-0.05, 0) is 37.5 Å². The maximum absolute atomic E-state index is 10.2. The van der Waals surface area contributed by atoms with Crippen molar-refractivity contribution in [2.45, 2.75) is 45.8 Å². The Kier molecular flexibility index (Phi) is 8.42. The number of aromatic hydroxyl groups is 3. The van der Waals surface area contributed by atoms with Crippen LogP contribution in [0, 0.1) is 20.8 Å². The maximum Gasteiger partial charge on any atom is 0.270 e. The highest BCUT2D eigenvalue weighted by atomic mass is 28.1. The molecule has 0 atom stereocenters. The van der Waals surface area contributed by atoms with Gasteiger partial charge in [-0.1, -0.05) is 54.6 Å². The average Bonchev–Trinajstić information content (AvgIpc) is 2.82. The molecule has 10 heteroatoms. The Morgan fingerprint density at radius 2 is 0.857 bits per heavy atom. The summed E-state index contributed by atoms with van der Waals surface area (Å²) < 4.78 is 0. The van der Waals surface area contributed by atoms with Gasteiger partial charge in [0.15, 0.2) is 0 Å². The first kappa shape index (κ1) is 25.7. The Bertz CT molecular complexity index is 1120. The van der Waals surface area contributed by atoms with Gasteiger partial charge in [-0.25, -0.2) is 0 Å². The van der Waals surface area contributed by atoms with Crippen LogP contribution in [-0.2, 0) is 19.6 Å². The Hall–Kier alpha value is -3.92. The molecule has 0 aliphatic heterocycles. The highest BCUT2D eigenvalue weighted by Crippen LogP contribution is 2.26. The first-order chi connectivity index (χ1) is 16.7. The van der Waals surface area contributed by atoms with Crippen LogP contribution >= 0.6 is 0 Å². The van der Waals surface area contributed by atoms with Crippen molar-refractivity contribution in [2.75, 3.05) is 0 Å². The molecule has 3 radical (unpaired) electrons. The lowest BCUT2D eigenvalue weighted by Crippen LogP contribution is -2.19. The molecule has 0 bridgehead atoms. The van der Waals surface area contributed by atoms with Crippen LogP contribution in [0.2, 0.25) is 0 Å². The molecule has 0 aliphatic rings. The van der Waals surface area contributed by atoms with E-state index in [0.717, 1.165) is 16.7 Å². The molecule has 3 rings (SSSR count). The number of para-hydroxylation sites is 3. The third kappa shape index (κ3) is 6.79. The zero-order valence-corrected chi connectivity index (χ0v) is 20.8. The van der Waals surface area contributed by atoms with Crippen molar-refractivity contribution in [3.63, 3.8) is 0 Å². The van der Waals surface area contributed by atoms with Crippen LogP contribution in [0.5, 0.6) is 17.2 Å². The van der Waals surface area contributed by atoms with E-state index in [-0.39, 0.29) is 36.9 Å². The summed E-state index contributed by atoms with van der Waals surface area (Å²) in [5, 5.41) is 55.5. The monoisotopic (exact) mass is 487 g/mol. The van der Waals surface area contributed by atoms with Gasteiger partial charge in [-0.2, -0.15) is 15.3 Å². The highest BCUT2D eigenvalue weighted by Gasteiger charge is 2.22. The molecule has 0 heterocycles. The molecule has 0 saturated carbocycles. The van der Waals surface area contributed by atoms with Gasteiger partial charge in [0.25, 0.3) is 5.41 Å². The van der Waals surface area contributed by atoms with Crippen molar-refractivity contribution in [3.8, 4) is 17.2 Å². The summed E-state index contributed by atoms with van der Waals surface area (Å²) in [7, 11) is 3.40. The molecule has 3 aromatic carbocycles. The van der Waals surface area contributed by atoms with Crippen molar-refractivity contribution >= 4 is 10.2 Å². The third-order valence-electron chi connectivity index (χ3n) is 5.32. The Morgan fingerprint density at radius 1 is 0.571 bits per heavy atom. The lowest BCUT2D eigenvalue weighted by atomic mass is 10.1. The second-order valence-corrected chi connectivity index (χ2v) is 8.75. The zero-order chi connectivity index (χ0) is 25.4. The topological polar surface area (TPSA) is 135 Å². The van der Waals surface area contributed by atoms with Crippen LogP contribution in [0.4, 0.5) is 0 Å². The molecule has 0 spiro atoms. The van der Waals surface area contributed by atoms with Gasteiger partial charge in [0, 0.05) is 16.7 Å². The first-order valence-corrected chi connectivity index (χ1v) is 11.4. The van der Waals surface area contributed by atoms with Crippen LogP contribution in [0.15, 0.2) is 85.3 Å². The molecule has 0 aromatic heterocycles. The summed E-state index contributed by atoms with van der Waals surface area (Å²) >= 11 is 0. The standard InChI is InChI=1S/C25H27N6O3Si/c1-16-7-4-10-19(22(16)32)13-26-29-25(35,30-27-14-20-11-5-8-17(2)23(20)33)31-28-15-21-12-6-9-18(3)24(21)34/h4-12,32-34H,13-15H2,1-3H3. The molecular weight excluding hydrogens is 460 g/mol. The van der Waals surface area contributed by atoms with E-state index < -0.39 is 5.41 Å². The van der Waals surface area contributed by atoms with E-state index in [1.165, 1.54) is 0 Å². The number of azo groups is 3. The number of aryl methyl sites for hydroxylation is 3. The van der Waals surface area contributed by atoms with Gasteiger partial charge < -0.3 is 15.3 Å². The lowest BCUT2D eigenvalue weighted by Gasteiger charge is -2.12. The Balaban J connectivity index is 1.82. The minimum atomic E-state index is -1.65. The van der Waals surface area contributed by atoms with Gasteiger partial charge in [-0.15, -0.1) is 15.3 Å². The first-order valence-electron chi connectivity index (χ1n) is 10.9. The minimum absolute atomic E-state index is 0.0993. The molecule has 179 valence electrons. The van der Waals surface area contributed by atoms with Gasteiger partial charge in [0.05, 0.1) is 19.6 Å². The second kappa shape index (κ2) is 11.5. The number of hydrogen-bond donors (Lipinski definition) is 3. The lowest BCUT2D eigenvalue weighted by molar-refractivity contribution is 0.459. The van der Waals surface area contributed by atoms with E-state index in [9.17, 15) is 15.3 Å². The average molecular weight is 488 g/mol. The predicted octanol–water partition coefficient (Wildman–Crippen LogP) is 5.77. The molecule has 3 aromatic rings. The summed E-state index contributed by atoms with van der Waals surface area (Å²) in [6.45, 7) is 5.70. The molecule has 9 nitrogen and oxygen atoms in total. The van der Waals surface area contributed by atoms with Crippen LogP contribution in [0.1, 0.15) is 33.4 Å².